The lowest BCUT2D eigenvalue weighted by Gasteiger charge is -2.13. The number of allylic oxidation sites excluding steroid dienone is 1. The number of methoxy groups -OCH3 is 1. The van der Waals surface area contributed by atoms with Crippen molar-refractivity contribution < 1.29 is 14.3 Å². The lowest BCUT2D eigenvalue weighted by atomic mass is 10.1. The first-order valence-electron chi connectivity index (χ1n) is 9.19. The molecule has 1 heterocycles. The monoisotopic (exact) mass is 400 g/mol. The summed E-state index contributed by atoms with van der Waals surface area (Å²) < 4.78 is 6.73. The van der Waals surface area contributed by atoms with Gasteiger partial charge in [-0.15, -0.1) is 16.8 Å². The first kappa shape index (κ1) is 20.1. The smallest absolute Gasteiger partial charge is 0.337 e. The predicted molar refractivity (Wildman–Crippen MR) is 107 cm³/mol. The number of rotatable bonds is 9. The number of hydrogen-bond donors (Lipinski definition) is 1. The second-order valence-corrected chi connectivity index (χ2v) is 7.99. The highest BCUT2D eigenvalue weighted by Gasteiger charge is 2.30. The van der Waals surface area contributed by atoms with Gasteiger partial charge in [0.1, 0.15) is 5.82 Å². The quantitative estimate of drug-likeness (QED) is 0.396. The van der Waals surface area contributed by atoms with Crippen molar-refractivity contribution in [2.45, 2.75) is 49.2 Å². The fourth-order valence-electron chi connectivity index (χ4n) is 2.75. The number of ether oxygens (including phenoxy) is 1. The fourth-order valence-corrected chi connectivity index (χ4v) is 3.64. The van der Waals surface area contributed by atoms with Crippen molar-refractivity contribution in [1.29, 1.82) is 0 Å². The molecule has 1 N–H and O–H groups in total. The Bertz CT molecular complexity index is 859. The molecule has 1 aliphatic rings. The molecule has 28 heavy (non-hydrogen) atoms. The minimum atomic E-state index is -0.380. The van der Waals surface area contributed by atoms with Crippen LogP contribution in [-0.4, -0.2) is 39.0 Å². The lowest BCUT2D eigenvalue weighted by Crippen LogP contribution is -2.30. The minimum absolute atomic E-state index is 0.0804. The van der Waals surface area contributed by atoms with Gasteiger partial charge in [-0.2, -0.15) is 0 Å². The molecule has 8 heteroatoms. The van der Waals surface area contributed by atoms with E-state index >= 15 is 0 Å². The Morgan fingerprint density at radius 1 is 1.36 bits per heavy atom. The Morgan fingerprint density at radius 2 is 2.07 bits per heavy atom. The summed E-state index contributed by atoms with van der Waals surface area (Å²) >= 11 is 1.40. The molecule has 1 aliphatic carbocycles. The maximum absolute atomic E-state index is 12.5. The molecule has 1 atom stereocenters. The van der Waals surface area contributed by atoms with E-state index in [4.69, 9.17) is 0 Å². The van der Waals surface area contributed by atoms with Crippen molar-refractivity contribution in [2.24, 2.45) is 0 Å². The summed E-state index contributed by atoms with van der Waals surface area (Å²) in [6.07, 6.45) is 4.11. The third kappa shape index (κ3) is 4.81. The predicted octanol–water partition coefficient (Wildman–Crippen LogP) is 2.93. The average Bonchev–Trinajstić information content (AvgIpc) is 3.49. The highest BCUT2D eigenvalue weighted by atomic mass is 32.2. The molecule has 0 aliphatic heterocycles. The fraction of sp³-hybridized carbons (Fsp3) is 0.400. The van der Waals surface area contributed by atoms with Gasteiger partial charge in [0.15, 0.2) is 5.16 Å². The summed E-state index contributed by atoms with van der Waals surface area (Å²) in [5, 5.41) is 11.9. The van der Waals surface area contributed by atoms with Gasteiger partial charge in [0.05, 0.1) is 17.9 Å². The highest BCUT2D eigenvalue weighted by Crippen LogP contribution is 2.40. The molecular formula is C20H24N4O3S. The third-order valence-corrected chi connectivity index (χ3v) is 5.57. The molecule has 1 amide bonds. The van der Waals surface area contributed by atoms with Crippen LogP contribution in [0.1, 0.15) is 47.4 Å². The Morgan fingerprint density at radius 3 is 2.68 bits per heavy atom. The second-order valence-electron chi connectivity index (χ2n) is 6.68. The van der Waals surface area contributed by atoms with Crippen molar-refractivity contribution in [2.75, 3.05) is 7.11 Å². The van der Waals surface area contributed by atoms with Crippen molar-refractivity contribution in [3.05, 3.63) is 53.9 Å². The van der Waals surface area contributed by atoms with E-state index in [1.165, 1.54) is 18.9 Å². The van der Waals surface area contributed by atoms with E-state index < -0.39 is 0 Å². The highest BCUT2D eigenvalue weighted by molar-refractivity contribution is 8.00. The third-order valence-electron chi connectivity index (χ3n) is 4.49. The maximum Gasteiger partial charge on any atom is 0.337 e. The van der Waals surface area contributed by atoms with Crippen LogP contribution >= 0.6 is 11.8 Å². The summed E-state index contributed by atoms with van der Waals surface area (Å²) in [6, 6.07) is 6.96. The molecule has 1 saturated carbocycles. The Kier molecular flexibility index (Phi) is 6.51. The van der Waals surface area contributed by atoms with Crippen LogP contribution in [0.3, 0.4) is 0 Å². The van der Waals surface area contributed by atoms with Crippen molar-refractivity contribution >= 4 is 23.6 Å². The molecule has 0 bridgehead atoms. The number of aromatic nitrogens is 3. The van der Waals surface area contributed by atoms with E-state index in [1.54, 1.807) is 24.3 Å². The molecule has 2 aromatic rings. The normalized spacial score (nSPS) is 14.4. The van der Waals surface area contributed by atoms with Gasteiger partial charge in [-0.3, -0.25) is 4.79 Å². The van der Waals surface area contributed by atoms with Crippen LogP contribution in [0.5, 0.6) is 0 Å². The summed E-state index contributed by atoms with van der Waals surface area (Å²) in [5.41, 5.74) is 1.39. The number of esters is 1. The van der Waals surface area contributed by atoms with Gasteiger partial charge in [-0.25, -0.2) is 4.79 Å². The lowest BCUT2D eigenvalue weighted by molar-refractivity contribution is -0.120. The Balaban J connectivity index is 1.56. The van der Waals surface area contributed by atoms with Gasteiger partial charge in [0, 0.05) is 19.0 Å². The molecule has 1 aromatic carbocycles. The van der Waals surface area contributed by atoms with E-state index in [-0.39, 0.29) is 17.1 Å². The van der Waals surface area contributed by atoms with E-state index in [0.29, 0.717) is 24.6 Å². The first-order chi connectivity index (χ1) is 13.5. The maximum atomic E-state index is 12.5. The SMILES string of the molecule is C=CCn1c(SC(C)C(=O)NCc2ccc(C(=O)OC)cc2)nnc1C1CC1. The number of thioether (sulfide) groups is 1. The van der Waals surface area contributed by atoms with Crippen LogP contribution in [0.4, 0.5) is 0 Å². The summed E-state index contributed by atoms with van der Waals surface area (Å²) in [4.78, 5) is 23.9. The largest absolute Gasteiger partial charge is 0.465 e. The molecule has 148 valence electrons. The zero-order valence-corrected chi connectivity index (χ0v) is 16.9. The number of nitrogens with zero attached hydrogens (tertiary/aromatic N) is 3. The molecule has 0 saturated heterocycles. The van der Waals surface area contributed by atoms with Gasteiger partial charge in [0.2, 0.25) is 5.91 Å². The summed E-state index contributed by atoms with van der Waals surface area (Å²) in [5.74, 6) is 1.01. The van der Waals surface area contributed by atoms with Gasteiger partial charge < -0.3 is 14.6 Å². The summed E-state index contributed by atoms with van der Waals surface area (Å²) in [7, 11) is 1.35. The van der Waals surface area contributed by atoms with Crippen LogP contribution in [-0.2, 0) is 22.6 Å². The number of carbonyl (C=O) groups is 2. The van der Waals surface area contributed by atoms with Gasteiger partial charge in [0.25, 0.3) is 0 Å². The van der Waals surface area contributed by atoms with E-state index in [9.17, 15) is 9.59 Å². The molecule has 0 spiro atoms. The standard InChI is InChI=1S/C20H24N4O3S/c1-4-11-24-17(15-9-10-15)22-23-20(24)28-13(2)18(25)21-12-14-5-7-16(8-6-14)19(26)27-3/h4-8,13,15H,1,9-12H2,2-3H3,(H,21,25). The molecular weight excluding hydrogens is 376 g/mol. The van der Waals surface area contributed by atoms with Crippen molar-refractivity contribution in [3.63, 3.8) is 0 Å². The molecule has 0 radical (unpaired) electrons. The molecule has 1 unspecified atom stereocenters. The topological polar surface area (TPSA) is 86.1 Å². The first-order valence-corrected chi connectivity index (χ1v) is 10.1. The zero-order valence-electron chi connectivity index (χ0n) is 16.1. The van der Waals surface area contributed by atoms with Crippen molar-refractivity contribution in [3.8, 4) is 0 Å². The zero-order chi connectivity index (χ0) is 20.1. The molecule has 3 rings (SSSR count). The van der Waals surface area contributed by atoms with E-state index in [2.05, 4.69) is 26.8 Å². The number of hydrogen-bond acceptors (Lipinski definition) is 6. The van der Waals surface area contributed by atoms with Crippen LogP contribution in [0.2, 0.25) is 0 Å². The Labute approximate surface area is 168 Å². The van der Waals surface area contributed by atoms with Crippen LogP contribution in [0.25, 0.3) is 0 Å². The van der Waals surface area contributed by atoms with E-state index in [1.807, 2.05) is 17.6 Å². The second kappa shape index (κ2) is 9.05. The number of carbonyl (C=O) groups excluding carboxylic acids is 2. The Hall–Kier alpha value is -2.61. The summed E-state index contributed by atoms with van der Waals surface area (Å²) in [6.45, 7) is 6.68. The number of nitrogens with one attached hydrogen (secondary N) is 1. The minimum Gasteiger partial charge on any atom is -0.465 e. The van der Waals surface area contributed by atoms with Crippen LogP contribution in [0, 0.1) is 0 Å². The van der Waals surface area contributed by atoms with Gasteiger partial charge in [-0.1, -0.05) is 30.0 Å². The number of benzene rings is 1. The van der Waals surface area contributed by atoms with Gasteiger partial charge in [-0.05, 0) is 37.5 Å². The molecule has 7 nitrogen and oxygen atoms in total. The van der Waals surface area contributed by atoms with Crippen molar-refractivity contribution in [1.82, 2.24) is 20.1 Å². The number of amides is 1. The van der Waals surface area contributed by atoms with Crippen LogP contribution in [0.15, 0.2) is 42.1 Å². The van der Waals surface area contributed by atoms with Crippen LogP contribution < -0.4 is 5.32 Å². The average molecular weight is 401 g/mol. The van der Waals surface area contributed by atoms with Gasteiger partial charge >= 0.3 is 5.97 Å². The van der Waals surface area contributed by atoms with E-state index in [0.717, 1.165) is 29.4 Å². The molecule has 1 fully saturated rings. The molecule has 1 aromatic heterocycles.